The fourth-order valence-corrected chi connectivity index (χ4v) is 3.35. The van der Waals surface area contributed by atoms with Crippen molar-refractivity contribution in [3.05, 3.63) is 58.6 Å². The molecule has 2 N–H and O–H groups in total. The van der Waals surface area contributed by atoms with Crippen LogP contribution in [0.4, 0.5) is 11.4 Å². The number of anilines is 1. The number of nitro benzene ring substituents is 1. The molecule has 10 heteroatoms. The molecule has 0 aliphatic heterocycles. The SMILES string of the molecule is CC(C)CNC(=O)[C@@H](C)Oc1ccc(S(=O)(=O)Nc2cccc([N+](=O)[O-])c2)cc1. The zero-order valence-corrected chi connectivity index (χ0v) is 17.1. The highest BCUT2D eigenvalue weighted by atomic mass is 32.2. The second-order valence-corrected chi connectivity index (χ2v) is 8.47. The van der Waals surface area contributed by atoms with Crippen LogP contribution < -0.4 is 14.8 Å². The summed E-state index contributed by atoms with van der Waals surface area (Å²) < 4.78 is 32.8. The van der Waals surface area contributed by atoms with Crippen LogP contribution in [0.15, 0.2) is 53.4 Å². The largest absolute Gasteiger partial charge is 0.481 e. The predicted molar refractivity (Wildman–Crippen MR) is 108 cm³/mol. The molecule has 0 aromatic heterocycles. The Kier molecular flexibility index (Phi) is 7.16. The first-order chi connectivity index (χ1) is 13.6. The minimum atomic E-state index is -3.94. The number of non-ortho nitro benzene ring substituents is 1. The molecule has 2 aromatic rings. The Balaban J connectivity index is 2.05. The summed E-state index contributed by atoms with van der Waals surface area (Å²) in [6, 6.07) is 10.7. The maximum Gasteiger partial charge on any atom is 0.271 e. The number of ether oxygens (including phenoxy) is 1. The third-order valence-corrected chi connectivity index (χ3v) is 5.21. The van der Waals surface area contributed by atoms with Crippen LogP contribution in [0.3, 0.4) is 0 Å². The molecule has 0 radical (unpaired) electrons. The van der Waals surface area contributed by atoms with Crippen LogP contribution in [0.1, 0.15) is 20.8 Å². The van der Waals surface area contributed by atoms with E-state index in [9.17, 15) is 23.3 Å². The Morgan fingerprint density at radius 1 is 1.14 bits per heavy atom. The summed E-state index contributed by atoms with van der Waals surface area (Å²) in [5, 5.41) is 13.6. The van der Waals surface area contributed by atoms with E-state index >= 15 is 0 Å². The summed E-state index contributed by atoms with van der Waals surface area (Å²) in [5.41, 5.74) is -0.145. The van der Waals surface area contributed by atoms with Crippen molar-refractivity contribution in [1.82, 2.24) is 5.32 Å². The molecule has 2 aromatic carbocycles. The predicted octanol–water partition coefficient (Wildman–Crippen LogP) is 2.94. The van der Waals surface area contributed by atoms with Crippen LogP contribution in [0.2, 0.25) is 0 Å². The number of amides is 1. The third kappa shape index (κ3) is 6.46. The van der Waals surface area contributed by atoms with Gasteiger partial charge in [0.05, 0.1) is 15.5 Å². The monoisotopic (exact) mass is 421 g/mol. The van der Waals surface area contributed by atoms with Crippen molar-refractivity contribution >= 4 is 27.3 Å². The average Bonchev–Trinajstić information content (AvgIpc) is 2.66. The first-order valence-electron chi connectivity index (χ1n) is 8.90. The van der Waals surface area contributed by atoms with Gasteiger partial charge in [0.15, 0.2) is 6.10 Å². The standard InChI is InChI=1S/C19H23N3O6S/c1-13(2)12-20-19(23)14(3)28-17-7-9-18(10-8-17)29(26,27)21-15-5-4-6-16(11-15)22(24)25/h4-11,13-14,21H,12H2,1-3H3,(H,20,23)/t14-/m1/s1. The number of nitrogens with zero attached hydrogens (tertiary/aromatic N) is 1. The van der Waals surface area contributed by atoms with Crippen molar-refractivity contribution in [2.24, 2.45) is 5.92 Å². The Morgan fingerprint density at radius 3 is 2.38 bits per heavy atom. The third-order valence-electron chi connectivity index (χ3n) is 3.81. The molecule has 0 saturated carbocycles. The highest BCUT2D eigenvalue weighted by Gasteiger charge is 2.18. The van der Waals surface area contributed by atoms with Crippen LogP contribution >= 0.6 is 0 Å². The molecule has 0 aliphatic carbocycles. The topological polar surface area (TPSA) is 128 Å². The second-order valence-electron chi connectivity index (χ2n) is 6.78. The fourth-order valence-electron chi connectivity index (χ4n) is 2.30. The van der Waals surface area contributed by atoms with Gasteiger partial charge in [0.1, 0.15) is 5.75 Å². The van der Waals surface area contributed by atoms with E-state index in [-0.39, 0.29) is 22.2 Å². The number of hydrogen-bond acceptors (Lipinski definition) is 6. The van der Waals surface area contributed by atoms with Crippen molar-refractivity contribution in [1.29, 1.82) is 0 Å². The van der Waals surface area contributed by atoms with Crippen LogP contribution in [0, 0.1) is 16.0 Å². The fraction of sp³-hybridized carbons (Fsp3) is 0.316. The summed E-state index contributed by atoms with van der Waals surface area (Å²) >= 11 is 0. The lowest BCUT2D eigenvalue weighted by molar-refractivity contribution is -0.384. The number of nitro groups is 1. The number of nitrogens with one attached hydrogen (secondary N) is 2. The molecular weight excluding hydrogens is 398 g/mol. The van der Waals surface area contributed by atoms with Crippen molar-refractivity contribution in [3.63, 3.8) is 0 Å². The van der Waals surface area contributed by atoms with Crippen LogP contribution in [-0.4, -0.2) is 31.9 Å². The Hall–Kier alpha value is -3.14. The van der Waals surface area contributed by atoms with Crippen molar-refractivity contribution in [2.75, 3.05) is 11.3 Å². The second kappa shape index (κ2) is 9.37. The highest BCUT2D eigenvalue weighted by Crippen LogP contribution is 2.22. The zero-order chi connectivity index (χ0) is 21.6. The number of carbonyl (C=O) groups is 1. The van der Waals surface area contributed by atoms with Gasteiger partial charge in [-0.2, -0.15) is 0 Å². The van der Waals surface area contributed by atoms with Gasteiger partial charge in [0, 0.05) is 18.7 Å². The summed E-state index contributed by atoms with van der Waals surface area (Å²) in [4.78, 5) is 22.1. The summed E-state index contributed by atoms with van der Waals surface area (Å²) in [6.45, 7) is 6.09. The minimum absolute atomic E-state index is 0.0479. The van der Waals surface area contributed by atoms with Gasteiger partial charge < -0.3 is 10.1 Å². The Bertz CT molecular complexity index is 974. The quantitative estimate of drug-likeness (QED) is 0.473. The normalized spacial score (nSPS) is 12.3. The first-order valence-corrected chi connectivity index (χ1v) is 10.4. The molecule has 0 spiro atoms. The summed E-state index contributed by atoms with van der Waals surface area (Å²) in [7, 11) is -3.94. The lowest BCUT2D eigenvalue weighted by Gasteiger charge is -2.16. The van der Waals surface area contributed by atoms with E-state index in [1.54, 1.807) is 6.92 Å². The molecule has 0 fully saturated rings. The maximum absolute atomic E-state index is 12.5. The van der Waals surface area contributed by atoms with Gasteiger partial charge in [-0.15, -0.1) is 0 Å². The number of hydrogen-bond donors (Lipinski definition) is 2. The Labute approximate surface area is 169 Å². The van der Waals surface area contributed by atoms with Gasteiger partial charge in [-0.3, -0.25) is 19.6 Å². The molecule has 0 saturated heterocycles. The van der Waals surface area contributed by atoms with Crippen molar-refractivity contribution in [2.45, 2.75) is 31.8 Å². The molecule has 1 amide bonds. The molecule has 0 aliphatic rings. The number of carbonyl (C=O) groups excluding carboxylic acids is 1. The van der Waals surface area contributed by atoms with E-state index in [2.05, 4.69) is 10.0 Å². The van der Waals surface area contributed by atoms with E-state index in [4.69, 9.17) is 4.74 Å². The average molecular weight is 421 g/mol. The van der Waals surface area contributed by atoms with E-state index in [0.29, 0.717) is 18.2 Å². The molecule has 0 unspecified atom stereocenters. The summed E-state index contributed by atoms with van der Waals surface area (Å²) in [6.07, 6.45) is -0.737. The molecule has 1 atom stereocenters. The molecule has 0 heterocycles. The minimum Gasteiger partial charge on any atom is -0.481 e. The van der Waals surface area contributed by atoms with Crippen LogP contribution in [0.5, 0.6) is 5.75 Å². The lowest BCUT2D eigenvalue weighted by atomic mass is 10.2. The Morgan fingerprint density at radius 2 is 1.79 bits per heavy atom. The number of rotatable bonds is 9. The van der Waals surface area contributed by atoms with E-state index in [1.807, 2.05) is 13.8 Å². The molecule has 0 bridgehead atoms. The number of benzene rings is 2. The molecule has 9 nitrogen and oxygen atoms in total. The molecule has 2 rings (SSSR count). The van der Waals surface area contributed by atoms with Gasteiger partial charge in [-0.05, 0) is 43.2 Å². The lowest BCUT2D eigenvalue weighted by Crippen LogP contribution is -2.38. The van der Waals surface area contributed by atoms with Gasteiger partial charge in [0.25, 0.3) is 21.6 Å². The van der Waals surface area contributed by atoms with Gasteiger partial charge in [-0.1, -0.05) is 19.9 Å². The van der Waals surface area contributed by atoms with Crippen molar-refractivity contribution in [3.8, 4) is 5.75 Å². The first kappa shape index (κ1) is 22.2. The van der Waals surface area contributed by atoms with Gasteiger partial charge >= 0.3 is 0 Å². The summed E-state index contributed by atoms with van der Waals surface area (Å²) in [5.74, 6) is 0.392. The zero-order valence-electron chi connectivity index (χ0n) is 16.3. The van der Waals surface area contributed by atoms with Crippen molar-refractivity contribution < 1.29 is 22.9 Å². The van der Waals surface area contributed by atoms with Crippen LogP contribution in [-0.2, 0) is 14.8 Å². The van der Waals surface area contributed by atoms with E-state index in [1.165, 1.54) is 42.5 Å². The highest BCUT2D eigenvalue weighted by molar-refractivity contribution is 7.92. The smallest absolute Gasteiger partial charge is 0.271 e. The van der Waals surface area contributed by atoms with E-state index < -0.39 is 21.1 Å². The van der Waals surface area contributed by atoms with Gasteiger partial charge in [0.2, 0.25) is 0 Å². The molecule has 156 valence electrons. The van der Waals surface area contributed by atoms with E-state index in [0.717, 1.165) is 6.07 Å². The van der Waals surface area contributed by atoms with Crippen LogP contribution in [0.25, 0.3) is 0 Å². The number of sulfonamides is 1. The maximum atomic E-state index is 12.5. The molecule has 29 heavy (non-hydrogen) atoms. The van der Waals surface area contributed by atoms with Gasteiger partial charge in [-0.25, -0.2) is 8.42 Å². The molecular formula is C19H23N3O6S.